The van der Waals surface area contributed by atoms with Crippen molar-refractivity contribution in [3.05, 3.63) is 34.9 Å². The first-order valence-electron chi connectivity index (χ1n) is 6.42. The molecule has 2 rings (SSSR count). The zero-order valence-corrected chi connectivity index (χ0v) is 12.1. The second kappa shape index (κ2) is 6.17. The molecule has 2 N–H and O–H groups in total. The lowest BCUT2D eigenvalue weighted by molar-refractivity contribution is -0.116. The third-order valence-electron chi connectivity index (χ3n) is 2.98. The fourth-order valence-electron chi connectivity index (χ4n) is 1.79. The molecular weight excluding hydrogens is 272 g/mol. The summed E-state index contributed by atoms with van der Waals surface area (Å²) in [6, 6.07) is 5.83. The third kappa shape index (κ3) is 3.88. The molecule has 2 amide bonds. The van der Waals surface area contributed by atoms with Gasteiger partial charge in [-0.15, -0.1) is 0 Å². The first-order chi connectivity index (χ1) is 9.95. The SMILES string of the molecule is CC(=O)Nc1nonc1NC(=O)Cc1ccc(C)c(C)c1. The zero-order chi connectivity index (χ0) is 15.4. The van der Waals surface area contributed by atoms with Gasteiger partial charge in [0.05, 0.1) is 6.42 Å². The lowest BCUT2D eigenvalue weighted by atomic mass is 10.0. The average Bonchev–Trinajstić information content (AvgIpc) is 2.80. The van der Waals surface area contributed by atoms with Crippen LogP contribution in [0.15, 0.2) is 22.8 Å². The number of hydrogen-bond donors (Lipinski definition) is 2. The molecule has 0 radical (unpaired) electrons. The minimum atomic E-state index is -0.324. The summed E-state index contributed by atoms with van der Waals surface area (Å²) in [5, 5.41) is 12.0. The van der Waals surface area contributed by atoms with Gasteiger partial charge in [-0.25, -0.2) is 4.63 Å². The molecule has 0 aliphatic carbocycles. The van der Waals surface area contributed by atoms with Gasteiger partial charge in [0.25, 0.3) is 0 Å². The van der Waals surface area contributed by atoms with E-state index in [1.54, 1.807) is 0 Å². The molecule has 0 saturated carbocycles. The molecule has 7 heteroatoms. The summed E-state index contributed by atoms with van der Waals surface area (Å²) in [5.74, 6) is -0.397. The second-order valence-electron chi connectivity index (χ2n) is 4.79. The topological polar surface area (TPSA) is 97.1 Å². The molecule has 0 fully saturated rings. The van der Waals surface area contributed by atoms with E-state index < -0.39 is 0 Å². The predicted octanol–water partition coefficient (Wildman–Crippen LogP) is 1.83. The Morgan fingerprint density at radius 1 is 1.10 bits per heavy atom. The maximum absolute atomic E-state index is 12.0. The Labute approximate surface area is 121 Å². The van der Waals surface area contributed by atoms with Gasteiger partial charge in [0, 0.05) is 6.92 Å². The fraction of sp³-hybridized carbons (Fsp3) is 0.286. The van der Waals surface area contributed by atoms with Crippen LogP contribution < -0.4 is 10.6 Å². The highest BCUT2D eigenvalue weighted by Crippen LogP contribution is 2.16. The highest BCUT2D eigenvalue weighted by Gasteiger charge is 2.14. The lowest BCUT2D eigenvalue weighted by Gasteiger charge is -2.06. The number of benzene rings is 1. The van der Waals surface area contributed by atoms with Crippen LogP contribution in [0.4, 0.5) is 11.6 Å². The fourth-order valence-corrected chi connectivity index (χ4v) is 1.79. The Morgan fingerprint density at radius 2 is 1.76 bits per heavy atom. The van der Waals surface area contributed by atoms with Crippen molar-refractivity contribution in [3.8, 4) is 0 Å². The second-order valence-corrected chi connectivity index (χ2v) is 4.79. The van der Waals surface area contributed by atoms with E-state index >= 15 is 0 Å². The highest BCUT2D eigenvalue weighted by molar-refractivity contribution is 5.97. The first-order valence-corrected chi connectivity index (χ1v) is 6.42. The van der Waals surface area contributed by atoms with Gasteiger partial charge in [-0.2, -0.15) is 0 Å². The summed E-state index contributed by atoms with van der Waals surface area (Å²) in [6.07, 6.45) is 0.202. The van der Waals surface area contributed by atoms with Crippen LogP contribution in [0, 0.1) is 13.8 Å². The first kappa shape index (κ1) is 14.7. The van der Waals surface area contributed by atoms with Crippen LogP contribution in [-0.4, -0.2) is 22.1 Å². The summed E-state index contributed by atoms with van der Waals surface area (Å²) < 4.78 is 4.50. The summed E-state index contributed by atoms with van der Waals surface area (Å²) >= 11 is 0. The standard InChI is InChI=1S/C14H16N4O3/c1-8-4-5-11(6-9(8)2)7-12(20)16-14-13(15-10(3)19)17-21-18-14/h4-6H,7H2,1-3H3,(H,15,17,19)(H,16,18,20). The third-order valence-corrected chi connectivity index (χ3v) is 2.98. The number of aromatic nitrogens is 2. The van der Waals surface area contributed by atoms with Crippen molar-refractivity contribution in [3.63, 3.8) is 0 Å². The molecule has 0 unspecified atom stereocenters. The Morgan fingerprint density at radius 3 is 2.38 bits per heavy atom. The van der Waals surface area contributed by atoms with Crippen molar-refractivity contribution in [2.24, 2.45) is 0 Å². The molecule has 110 valence electrons. The van der Waals surface area contributed by atoms with E-state index in [2.05, 4.69) is 25.6 Å². The van der Waals surface area contributed by atoms with Gasteiger partial charge in [-0.05, 0) is 40.9 Å². The minimum Gasteiger partial charge on any atom is -0.305 e. The molecule has 21 heavy (non-hydrogen) atoms. The maximum Gasteiger partial charge on any atom is 0.230 e. The molecule has 0 saturated heterocycles. The Hall–Kier alpha value is -2.70. The maximum atomic E-state index is 12.0. The van der Waals surface area contributed by atoms with E-state index in [-0.39, 0.29) is 29.9 Å². The number of nitrogens with one attached hydrogen (secondary N) is 2. The van der Waals surface area contributed by atoms with Crippen molar-refractivity contribution in [1.29, 1.82) is 0 Å². The summed E-state index contributed by atoms with van der Waals surface area (Å²) in [4.78, 5) is 23.0. The Balaban J connectivity index is 2.03. The monoisotopic (exact) mass is 288 g/mol. The summed E-state index contributed by atoms with van der Waals surface area (Å²) in [5.41, 5.74) is 3.20. The largest absolute Gasteiger partial charge is 0.305 e. The van der Waals surface area contributed by atoms with Crippen molar-refractivity contribution >= 4 is 23.5 Å². The average molecular weight is 288 g/mol. The Bertz CT molecular complexity index is 679. The van der Waals surface area contributed by atoms with Gasteiger partial charge in [0.2, 0.25) is 23.5 Å². The highest BCUT2D eigenvalue weighted by atomic mass is 16.6. The number of carbonyl (C=O) groups excluding carboxylic acids is 2. The molecule has 0 aliphatic rings. The van der Waals surface area contributed by atoms with Crippen LogP contribution in [0.5, 0.6) is 0 Å². The van der Waals surface area contributed by atoms with Crippen molar-refractivity contribution in [2.75, 3.05) is 10.6 Å². The Kier molecular flexibility index (Phi) is 4.32. The molecule has 0 aliphatic heterocycles. The number of carbonyl (C=O) groups is 2. The van der Waals surface area contributed by atoms with Crippen LogP contribution in [0.2, 0.25) is 0 Å². The summed E-state index contributed by atoms with van der Waals surface area (Å²) in [6.45, 7) is 5.34. The van der Waals surface area contributed by atoms with E-state index in [0.29, 0.717) is 0 Å². The summed E-state index contributed by atoms with van der Waals surface area (Å²) in [7, 11) is 0. The van der Waals surface area contributed by atoms with Gasteiger partial charge in [-0.1, -0.05) is 18.2 Å². The molecule has 1 heterocycles. The molecule has 1 aromatic carbocycles. The van der Waals surface area contributed by atoms with E-state index in [1.807, 2.05) is 32.0 Å². The van der Waals surface area contributed by atoms with Gasteiger partial charge in [-0.3, -0.25) is 9.59 Å². The molecular formula is C14H16N4O3. The van der Waals surface area contributed by atoms with Gasteiger partial charge >= 0.3 is 0 Å². The van der Waals surface area contributed by atoms with Crippen LogP contribution in [-0.2, 0) is 16.0 Å². The minimum absolute atomic E-state index is 0.0935. The van der Waals surface area contributed by atoms with E-state index in [0.717, 1.165) is 11.1 Å². The lowest BCUT2D eigenvalue weighted by Crippen LogP contribution is -2.17. The van der Waals surface area contributed by atoms with Gasteiger partial charge < -0.3 is 10.6 Å². The number of nitrogens with zero attached hydrogens (tertiary/aromatic N) is 2. The molecule has 1 aromatic heterocycles. The molecule has 0 spiro atoms. The van der Waals surface area contributed by atoms with Crippen LogP contribution in [0.1, 0.15) is 23.6 Å². The van der Waals surface area contributed by atoms with Crippen LogP contribution in [0.3, 0.4) is 0 Å². The number of hydrogen-bond acceptors (Lipinski definition) is 5. The van der Waals surface area contributed by atoms with E-state index in [4.69, 9.17) is 0 Å². The predicted molar refractivity (Wildman–Crippen MR) is 76.9 cm³/mol. The van der Waals surface area contributed by atoms with Gasteiger partial charge in [0.15, 0.2) is 0 Å². The van der Waals surface area contributed by atoms with Crippen LogP contribution in [0.25, 0.3) is 0 Å². The quantitative estimate of drug-likeness (QED) is 0.894. The zero-order valence-electron chi connectivity index (χ0n) is 12.1. The van der Waals surface area contributed by atoms with Crippen LogP contribution >= 0.6 is 0 Å². The molecule has 0 atom stereocenters. The van der Waals surface area contributed by atoms with E-state index in [9.17, 15) is 9.59 Å². The number of rotatable bonds is 4. The number of amides is 2. The van der Waals surface area contributed by atoms with E-state index in [1.165, 1.54) is 12.5 Å². The molecule has 2 aromatic rings. The number of aryl methyl sites for hydroxylation is 2. The van der Waals surface area contributed by atoms with Gasteiger partial charge in [0.1, 0.15) is 0 Å². The smallest absolute Gasteiger partial charge is 0.230 e. The normalized spacial score (nSPS) is 10.2. The molecule has 0 bridgehead atoms. The number of anilines is 2. The van der Waals surface area contributed by atoms with Crippen molar-refractivity contribution < 1.29 is 14.2 Å². The van der Waals surface area contributed by atoms with Crippen molar-refractivity contribution in [2.45, 2.75) is 27.2 Å². The molecule has 7 nitrogen and oxygen atoms in total. The van der Waals surface area contributed by atoms with Crippen molar-refractivity contribution in [1.82, 2.24) is 10.3 Å².